The lowest BCUT2D eigenvalue weighted by Crippen LogP contribution is -2.40. The maximum Gasteiger partial charge on any atom is 0.254 e. The van der Waals surface area contributed by atoms with E-state index in [-0.39, 0.29) is 18.4 Å². The Morgan fingerprint density at radius 2 is 1.88 bits per heavy atom. The number of hydrogen-bond donors (Lipinski definition) is 1. The number of nitrogens with zero attached hydrogens (tertiary/aromatic N) is 1. The van der Waals surface area contributed by atoms with Crippen LogP contribution in [0.3, 0.4) is 0 Å². The van der Waals surface area contributed by atoms with Gasteiger partial charge in [0.25, 0.3) is 5.91 Å². The Bertz CT molecular complexity index is 740. The average Bonchev–Trinajstić information content (AvgIpc) is 3.17. The van der Waals surface area contributed by atoms with E-state index in [1.54, 1.807) is 23.5 Å². The van der Waals surface area contributed by atoms with Crippen molar-refractivity contribution in [2.24, 2.45) is 0 Å². The molecular formula is C18H21BrN2O4S. The highest BCUT2D eigenvalue weighted by Crippen LogP contribution is 2.35. The quantitative estimate of drug-likeness (QED) is 0.683. The first kappa shape index (κ1) is 20.3. The maximum absolute atomic E-state index is 12.8. The van der Waals surface area contributed by atoms with Crippen LogP contribution in [0.25, 0.3) is 0 Å². The summed E-state index contributed by atoms with van der Waals surface area (Å²) in [5.74, 6) is 0.518. The van der Waals surface area contributed by atoms with Crippen molar-refractivity contribution in [1.82, 2.24) is 10.2 Å². The summed E-state index contributed by atoms with van der Waals surface area (Å²) in [6.07, 6.45) is 0. The van der Waals surface area contributed by atoms with Crippen LogP contribution in [0.5, 0.6) is 11.5 Å². The van der Waals surface area contributed by atoms with Gasteiger partial charge in [0.2, 0.25) is 5.91 Å². The zero-order valence-electron chi connectivity index (χ0n) is 14.9. The second kappa shape index (κ2) is 9.59. The van der Waals surface area contributed by atoms with Crippen molar-refractivity contribution < 1.29 is 19.1 Å². The van der Waals surface area contributed by atoms with E-state index in [4.69, 9.17) is 9.47 Å². The smallest absolute Gasteiger partial charge is 0.254 e. The minimum Gasteiger partial charge on any atom is -0.495 e. The van der Waals surface area contributed by atoms with Gasteiger partial charge in [-0.3, -0.25) is 9.59 Å². The number of carbonyl (C=O) groups is 2. The summed E-state index contributed by atoms with van der Waals surface area (Å²) in [7, 11) is 3.03. The molecule has 26 heavy (non-hydrogen) atoms. The number of thiophene rings is 1. The van der Waals surface area contributed by atoms with Gasteiger partial charge in [-0.15, -0.1) is 11.3 Å². The number of ether oxygens (including phenoxy) is 2. The molecule has 8 heteroatoms. The number of rotatable bonds is 8. The number of halogens is 1. The molecule has 0 fully saturated rings. The summed E-state index contributed by atoms with van der Waals surface area (Å²) >= 11 is 4.96. The molecule has 2 rings (SSSR count). The molecule has 0 aliphatic heterocycles. The third kappa shape index (κ3) is 4.98. The van der Waals surface area contributed by atoms with E-state index in [0.717, 1.165) is 4.88 Å². The molecule has 1 aromatic heterocycles. The molecule has 1 heterocycles. The van der Waals surface area contributed by atoms with Crippen molar-refractivity contribution in [2.75, 3.05) is 27.3 Å². The summed E-state index contributed by atoms with van der Waals surface area (Å²) in [5.41, 5.74) is 0.398. The van der Waals surface area contributed by atoms with E-state index in [2.05, 4.69) is 21.2 Å². The van der Waals surface area contributed by atoms with Gasteiger partial charge in [-0.2, -0.15) is 0 Å². The first-order valence-corrected chi connectivity index (χ1v) is 9.67. The Morgan fingerprint density at radius 3 is 2.38 bits per heavy atom. The lowest BCUT2D eigenvalue weighted by molar-refractivity contribution is -0.121. The highest BCUT2D eigenvalue weighted by Gasteiger charge is 2.20. The molecule has 0 saturated heterocycles. The predicted octanol–water partition coefficient (Wildman–Crippen LogP) is 3.31. The fourth-order valence-corrected chi connectivity index (χ4v) is 3.53. The van der Waals surface area contributed by atoms with Crippen molar-refractivity contribution in [1.29, 1.82) is 0 Å². The van der Waals surface area contributed by atoms with Gasteiger partial charge in [-0.05, 0) is 46.4 Å². The number of amides is 2. The molecule has 140 valence electrons. The highest BCUT2D eigenvalue weighted by molar-refractivity contribution is 9.10. The van der Waals surface area contributed by atoms with Gasteiger partial charge in [0.1, 0.15) is 16.0 Å². The predicted molar refractivity (Wildman–Crippen MR) is 105 cm³/mol. The van der Waals surface area contributed by atoms with E-state index in [9.17, 15) is 9.59 Å². The Balaban J connectivity index is 2.09. The van der Waals surface area contributed by atoms with Crippen LogP contribution < -0.4 is 14.8 Å². The summed E-state index contributed by atoms with van der Waals surface area (Å²) in [4.78, 5) is 27.5. The van der Waals surface area contributed by atoms with Crippen LogP contribution in [-0.2, 0) is 11.3 Å². The summed E-state index contributed by atoms with van der Waals surface area (Å²) < 4.78 is 11.2. The van der Waals surface area contributed by atoms with Gasteiger partial charge < -0.3 is 19.7 Å². The van der Waals surface area contributed by atoms with Crippen molar-refractivity contribution in [3.63, 3.8) is 0 Å². The summed E-state index contributed by atoms with van der Waals surface area (Å²) in [5, 5.41) is 4.79. The van der Waals surface area contributed by atoms with Gasteiger partial charge >= 0.3 is 0 Å². The normalized spacial score (nSPS) is 10.3. The Labute approximate surface area is 165 Å². The molecule has 2 amide bonds. The van der Waals surface area contributed by atoms with Gasteiger partial charge in [0, 0.05) is 17.0 Å². The largest absolute Gasteiger partial charge is 0.495 e. The summed E-state index contributed by atoms with van der Waals surface area (Å²) in [6.45, 7) is 2.69. The zero-order chi connectivity index (χ0) is 19.1. The molecule has 2 aromatic rings. The van der Waals surface area contributed by atoms with Crippen LogP contribution in [0.2, 0.25) is 0 Å². The molecule has 6 nitrogen and oxygen atoms in total. The fraction of sp³-hybridized carbons (Fsp3) is 0.333. The molecule has 0 unspecified atom stereocenters. The SMILES string of the molecule is CCN(CC(=O)NCc1cccs1)C(=O)c1cc(OC)c(Br)c(OC)c1. The number of likely N-dealkylation sites (N-methyl/N-ethyl adjacent to an activating group) is 1. The molecule has 0 aliphatic rings. The molecular weight excluding hydrogens is 420 g/mol. The Hall–Kier alpha value is -2.06. The first-order chi connectivity index (χ1) is 12.5. The first-order valence-electron chi connectivity index (χ1n) is 8.00. The van der Waals surface area contributed by atoms with Crippen LogP contribution >= 0.6 is 27.3 Å². The molecule has 0 aliphatic carbocycles. The van der Waals surface area contributed by atoms with Crippen molar-refractivity contribution in [3.8, 4) is 11.5 Å². The van der Waals surface area contributed by atoms with Crippen LogP contribution in [0.15, 0.2) is 34.1 Å². The molecule has 0 saturated carbocycles. The number of hydrogen-bond acceptors (Lipinski definition) is 5. The lowest BCUT2D eigenvalue weighted by Gasteiger charge is -2.21. The van der Waals surface area contributed by atoms with Crippen molar-refractivity contribution >= 4 is 39.1 Å². The van der Waals surface area contributed by atoms with Gasteiger partial charge in [-0.25, -0.2) is 0 Å². The number of methoxy groups -OCH3 is 2. The molecule has 1 aromatic carbocycles. The maximum atomic E-state index is 12.8. The second-order valence-electron chi connectivity index (χ2n) is 5.37. The van der Waals surface area contributed by atoms with Crippen molar-refractivity contribution in [2.45, 2.75) is 13.5 Å². The second-order valence-corrected chi connectivity index (χ2v) is 7.20. The Morgan fingerprint density at radius 1 is 1.23 bits per heavy atom. The third-order valence-electron chi connectivity index (χ3n) is 3.74. The molecule has 0 radical (unpaired) electrons. The van der Waals surface area contributed by atoms with Crippen LogP contribution in [0, 0.1) is 0 Å². The van der Waals surface area contributed by atoms with E-state index in [1.165, 1.54) is 19.1 Å². The monoisotopic (exact) mass is 440 g/mol. The Kier molecular flexibility index (Phi) is 7.47. The van der Waals surface area contributed by atoms with E-state index >= 15 is 0 Å². The van der Waals surface area contributed by atoms with E-state index in [0.29, 0.717) is 34.6 Å². The summed E-state index contributed by atoms with van der Waals surface area (Å²) in [6, 6.07) is 7.14. The van der Waals surface area contributed by atoms with Gasteiger partial charge in [0.05, 0.1) is 27.3 Å². The number of nitrogens with one attached hydrogen (secondary N) is 1. The van der Waals surface area contributed by atoms with Crippen LogP contribution in [-0.4, -0.2) is 44.0 Å². The molecule has 0 bridgehead atoms. The average molecular weight is 441 g/mol. The molecule has 0 atom stereocenters. The lowest BCUT2D eigenvalue weighted by atomic mass is 10.1. The number of benzene rings is 1. The third-order valence-corrected chi connectivity index (χ3v) is 5.39. The minimum atomic E-state index is -0.261. The van der Waals surface area contributed by atoms with E-state index < -0.39 is 0 Å². The van der Waals surface area contributed by atoms with Crippen LogP contribution in [0.4, 0.5) is 0 Å². The topological polar surface area (TPSA) is 67.9 Å². The molecule has 0 spiro atoms. The van der Waals surface area contributed by atoms with Crippen molar-refractivity contribution in [3.05, 3.63) is 44.6 Å². The fourth-order valence-electron chi connectivity index (χ4n) is 2.33. The minimum absolute atomic E-state index is 0.0125. The molecule has 1 N–H and O–H groups in total. The highest BCUT2D eigenvalue weighted by atomic mass is 79.9. The van der Waals surface area contributed by atoms with Gasteiger partial charge in [0.15, 0.2) is 0 Å². The standard InChI is InChI=1S/C18H21BrN2O4S/c1-4-21(11-16(22)20-10-13-6-5-7-26-13)18(23)12-8-14(24-2)17(19)15(9-12)25-3/h5-9H,4,10-11H2,1-3H3,(H,20,22). The van der Waals surface area contributed by atoms with E-state index in [1.807, 2.05) is 24.4 Å². The van der Waals surface area contributed by atoms with Crippen LogP contribution in [0.1, 0.15) is 22.2 Å². The number of carbonyl (C=O) groups excluding carboxylic acids is 2. The van der Waals surface area contributed by atoms with Gasteiger partial charge in [-0.1, -0.05) is 6.07 Å². The zero-order valence-corrected chi connectivity index (χ0v) is 17.3.